The molecule has 10 atom stereocenters. The third-order valence-corrected chi connectivity index (χ3v) is 14.2. The van der Waals surface area contributed by atoms with Crippen molar-refractivity contribution >= 4 is 53.2 Å². The summed E-state index contributed by atoms with van der Waals surface area (Å²) in [6.07, 6.45) is -0.237. The molecule has 10 N–H and O–H groups in total. The zero-order valence-electron chi connectivity index (χ0n) is 44.4. The number of ether oxygens (including phenoxy) is 3. The number of carboxylic acid groups (broad SMARTS) is 1. The summed E-state index contributed by atoms with van der Waals surface area (Å²) in [5, 5.41) is 18.5. The Morgan fingerprint density at radius 3 is 2.01 bits per heavy atom. The maximum atomic E-state index is 14.6. The summed E-state index contributed by atoms with van der Waals surface area (Å²) in [5.41, 5.74) is 16.8. The van der Waals surface area contributed by atoms with Crippen LogP contribution in [0.25, 0.3) is 0 Å². The number of likely N-dealkylation sites (tertiary alicyclic amines) is 1. The van der Waals surface area contributed by atoms with E-state index in [1.807, 2.05) is 19.9 Å². The molecule has 406 valence electrons. The van der Waals surface area contributed by atoms with E-state index >= 15 is 0 Å². The molecule has 0 aromatic heterocycles. The second-order valence-electron chi connectivity index (χ2n) is 19.9. The molecule has 73 heavy (non-hydrogen) atoms. The number of amides is 7. The second-order valence-corrected chi connectivity index (χ2v) is 19.9. The third kappa shape index (κ3) is 16.9. The van der Waals surface area contributed by atoms with Crippen molar-refractivity contribution < 1.29 is 57.7 Å². The van der Waals surface area contributed by atoms with Gasteiger partial charge in [0.05, 0.1) is 42.7 Å². The van der Waals surface area contributed by atoms with Gasteiger partial charge < -0.3 is 62.3 Å². The molecule has 21 nitrogen and oxygen atoms in total. The lowest BCUT2D eigenvalue weighted by atomic mass is 9.89. The van der Waals surface area contributed by atoms with Gasteiger partial charge in [-0.25, -0.2) is 9.59 Å². The van der Waals surface area contributed by atoms with E-state index in [9.17, 15) is 43.5 Å². The molecule has 1 unspecified atom stereocenters. The van der Waals surface area contributed by atoms with E-state index < -0.39 is 107 Å². The molecule has 0 aliphatic carbocycles. The van der Waals surface area contributed by atoms with E-state index in [0.717, 1.165) is 10.5 Å². The van der Waals surface area contributed by atoms with Crippen LogP contribution in [0.15, 0.2) is 54.6 Å². The van der Waals surface area contributed by atoms with Crippen LogP contribution < -0.4 is 33.2 Å². The number of rotatable bonds is 29. The molecule has 3 rings (SSSR count). The Bertz CT molecular complexity index is 2180. The van der Waals surface area contributed by atoms with E-state index in [1.54, 1.807) is 81.2 Å². The van der Waals surface area contributed by atoms with E-state index in [0.29, 0.717) is 37.1 Å². The van der Waals surface area contributed by atoms with Gasteiger partial charge in [-0.1, -0.05) is 83.5 Å². The highest BCUT2D eigenvalue weighted by atomic mass is 16.6. The normalized spacial score (nSPS) is 17.4. The van der Waals surface area contributed by atoms with Gasteiger partial charge in [-0.05, 0) is 74.6 Å². The quantitative estimate of drug-likeness (QED) is 0.0617. The number of hydrogen-bond acceptors (Lipinski definition) is 13. The first kappa shape index (κ1) is 61.0. The standard InChI is InChI=1S/C52H81N9O12/c1-12-31(4)43(40(71-10)28-41(62)61-26-16-19-39(61)44(72-11)32(5)47(65)57-38(49(67)68)27-33-17-14-13-15-18-33)59(8)48(66)42(30(2)3)58-50(69)52(6,7)60(9)51(70)73-29-34-20-22-35(23-21-34)56-37(46(55)64)25-24-36(53)45(54)63/h13-15,17-18,20-23,30-32,36-40,42-44,56H,12,16,19,24-29,53H2,1-11H3,(H2,54,63)(H2,55,64)(H,57,65)(H,58,69)(H,67,68)/t31-,32+,36?,37-,38-,39-,40+,42-,43-,44+/m0/s1. The highest BCUT2D eigenvalue weighted by Crippen LogP contribution is 2.30. The van der Waals surface area contributed by atoms with E-state index in [2.05, 4.69) is 16.0 Å². The van der Waals surface area contributed by atoms with Gasteiger partial charge in [0, 0.05) is 47.0 Å². The van der Waals surface area contributed by atoms with Gasteiger partial charge in [0.1, 0.15) is 30.3 Å². The van der Waals surface area contributed by atoms with Crippen LogP contribution in [0.2, 0.25) is 0 Å². The number of benzene rings is 2. The molecule has 2 aromatic carbocycles. The maximum Gasteiger partial charge on any atom is 0.410 e. The topological polar surface area (TPSA) is 308 Å². The minimum Gasteiger partial charge on any atom is -0.480 e. The number of primary amides is 2. The summed E-state index contributed by atoms with van der Waals surface area (Å²) >= 11 is 0. The fourth-order valence-corrected chi connectivity index (χ4v) is 9.00. The van der Waals surface area contributed by atoms with Crippen LogP contribution in [0, 0.1) is 17.8 Å². The number of aliphatic carboxylic acids is 1. The molecule has 1 aliphatic rings. The van der Waals surface area contributed by atoms with Gasteiger partial charge in [-0.3, -0.25) is 33.7 Å². The molecule has 7 amide bonds. The number of methoxy groups -OCH3 is 2. The number of carbonyl (C=O) groups is 8. The Morgan fingerprint density at radius 1 is 0.849 bits per heavy atom. The van der Waals surface area contributed by atoms with Crippen molar-refractivity contribution in [2.75, 3.05) is 40.2 Å². The number of carboxylic acids is 1. The molecule has 0 bridgehead atoms. The molecule has 1 aliphatic heterocycles. The molecule has 0 radical (unpaired) electrons. The van der Waals surface area contributed by atoms with Crippen molar-refractivity contribution in [3.63, 3.8) is 0 Å². The van der Waals surface area contributed by atoms with Crippen LogP contribution >= 0.6 is 0 Å². The first-order valence-electron chi connectivity index (χ1n) is 24.9. The van der Waals surface area contributed by atoms with Crippen LogP contribution in [0.1, 0.15) is 98.1 Å². The maximum absolute atomic E-state index is 14.6. The molecule has 1 heterocycles. The monoisotopic (exact) mass is 1020 g/mol. The number of carbonyl (C=O) groups excluding carboxylic acids is 7. The molecule has 1 fully saturated rings. The van der Waals surface area contributed by atoms with Crippen molar-refractivity contribution in [3.8, 4) is 0 Å². The fraction of sp³-hybridized carbons (Fsp3) is 0.615. The van der Waals surface area contributed by atoms with Crippen LogP contribution in [0.4, 0.5) is 10.5 Å². The van der Waals surface area contributed by atoms with Crippen molar-refractivity contribution in [1.82, 2.24) is 25.3 Å². The van der Waals surface area contributed by atoms with Crippen LogP contribution in [-0.2, 0) is 60.8 Å². The number of anilines is 1. The summed E-state index contributed by atoms with van der Waals surface area (Å²) in [5.74, 6) is -5.73. The van der Waals surface area contributed by atoms with Gasteiger partial charge in [0.2, 0.25) is 35.4 Å². The SMILES string of the molecule is CC[C@H](C)[C@@H]([C@@H](CC(=O)N1CCC[C@H]1[C@H](OC)[C@@H](C)C(=O)N[C@@H](Cc1ccccc1)C(=O)O)OC)N(C)C(=O)[C@@H](NC(=O)C(C)(C)N(C)C(=O)OCc1ccc(N[C@@H](CCC(N)C(N)=O)C(N)=O)cc1)C(C)C. The molecular weight excluding hydrogens is 943 g/mol. The van der Waals surface area contributed by atoms with Crippen LogP contribution in [-0.4, -0.2) is 156 Å². The number of hydrogen-bond donors (Lipinski definition) is 7. The number of nitrogens with zero attached hydrogens (tertiary/aromatic N) is 3. The Kier molecular flexibility index (Phi) is 23.6. The van der Waals surface area contributed by atoms with Gasteiger partial charge in [0.25, 0.3) is 0 Å². The third-order valence-electron chi connectivity index (χ3n) is 14.2. The minimum absolute atomic E-state index is 0.0902. The molecule has 1 saturated heterocycles. The Balaban J connectivity index is 1.70. The largest absolute Gasteiger partial charge is 0.480 e. The average Bonchev–Trinajstić information content (AvgIpc) is 3.85. The van der Waals surface area contributed by atoms with Crippen molar-refractivity contribution in [1.29, 1.82) is 0 Å². The molecule has 2 aromatic rings. The number of likely N-dealkylation sites (N-methyl/N-ethyl adjacent to an activating group) is 2. The summed E-state index contributed by atoms with van der Waals surface area (Å²) in [6.45, 7) is 12.5. The average molecular weight is 1020 g/mol. The number of nitrogens with two attached hydrogens (primary N) is 3. The van der Waals surface area contributed by atoms with Crippen molar-refractivity contribution in [2.45, 2.75) is 154 Å². The Labute approximate surface area is 429 Å². The van der Waals surface area contributed by atoms with E-state index in [1.165, 1.54) is 40.0 Å². The lowest BCUT2D eigenvalue weighted by molar-refractivity contribution is -0.148. The zero-order valence-corrected chi connectivity index (χ0v) is 44.4. The van der Waals surface area contributed by atoms with Gasteiger partial charge >= 0.3 is 12.1 Å². The number of nitrogens with one attached hydrogen (secondary N) is 3. The molecule has 0 saturated carbocycles. The molecule has 21 heteroatoms. The van der Waals surface area contributed by atoms with Crippen molar-refractivity contribution in [2.24, 2.45) is 35.0 Å². The second kappa shape index (κ2) is 28.2. The molecular formula is C52H81N9O12. The van der Waals surface area contributed by atoms with Crippen molar-refractivity contribution in [3.05, 3.63) is 65.7 Å². The summed E-state index contributed by atoms with van der Waals surface area (Å²) in [4.78, 5) is 110. The minimum atomic E-state index is -1.50. The molecule has 0 spiro atoms. The first-order chi connectivity index (χ1) is 34.3. The Morgan fingerprint density at radius 2 is 1.48 bits per heavy atom. The van der Waals surface area contributed by atoms with E-state index in [4.69, 9.17) is 31.4 Å². The van der Waals surface area contributed by atoms with E-state index in [-0.39, 0.29) is 44.1 Å². The smallest absolute Gasteiger partial charge is 0.410 e. The summed E-state index contributed by atoms with van der Waals surface area (Å²) in [7, 11) is 5.98. The predicted octanol–water partition coefficient (Wildman–Crippen LogP) is 2.77. The Hall–Kier alpha value is -6.32. The van der Waals surface area contributed by atoms with Gasteiger partial charge in [-0.2, -0.15) is 0 Å². The zero-order chi connectivity index (χ0) is 54.9. The highest BCUT2D eigenvalue weighted by Gasteiger charge is 2.44. The predicted molar refractivity (Wildman–Crippen MR) is 274 cm³/mol. The summed E-state index contributed by atoms with van der Waals surface area (Å²) < 4.78 is 17.5. The fourth-order valence-electron chi connectivity index (χ4n) is 9.00. The lowest BCUT2D eigenvalue weighted by Gasteiger charge is -2.41. The van der Waals surface area contributed by atoms with Crippen LogP contribution in [0.3, 0.4) is 0 Å². The van der Waals surface area contributed by atoms with Crippen LogP contribution in [0.5, 0.6) is 0 Å². The lowest BCUT2D eigenvalue weighted by Crippen LogP contribution is -2.62. The first-order valence-corrected chi connectivity index (χ1v) is 24.9. The van der Waals surface area contributed by atoms with Gasteiger partial charge in [-0.15, -0.1) is 0 Å². The highest BCUT2D eigenvalue weighted by molar-refractivity contribution is 5.94. The summed E-state index contributed by atoms with van der Waals surface area (Å²) in [6, 6.07) is 10.6. The van der Waals surface area contributed by atoms with Gasteiger partial charge in [0.15, 0.2) is 0 Å².